The number of halogens is 2. The summed E-state index contributed by atoms with van der Waals surface area (Å²) < 4.78 is 26.0. The second-order valence-electron chi connectivity index (χ2n) is 6.40. The van der Waals surface area contributed by atoms with E-state index in [0.717, 1.165) is 0 Å². The quantitative estimate of drug-likeness (QED) is 0.378. The number of methoxy groups -OCH3 is 1. The highest BCUT2D eigenvalue weighted by atomic mass is 79.9. The van der Waals surface area contributed by atoms with Crippen LogP contribution >= 0.6 is 15.9 Å². The topological polar surface area (TPSA) is 61.4 Å². The zero-order valence-corrected chi connectivity index (χ0v) is 17.1. The van der Waals surface area contributed by atoms with Crippen LogP contribution in [0.1, 0.15) is 26.6 Å². The van der Waals surface area contributed by atoms with Gasteiger partial charge in [0.05, 0.1) is 18.2 Å². The molecule has 146 valence electrons. The molecule has 7 heteroatoms. The van der Waals surface area contributed by atoms with Gasteiger partial charge in [0.15, 0.2) is 5.76 Å². The van der Waals surface area contributed by atoms with E-state index in [-0.39, 0.29) is 11.6 Å². The van der Waals surface area contributed by atoms with Gasteiger partial charge < -0.3 is 9.15 Å². The Labute approximate surface area is 173 Å². The maximum Gasteiger partial charge on any atom is 0.340 e. The van der Waals surface area contributed by atoms with E-state index in [1.165, 1.54) is 23.8 Å². The lowest BCUT2D eigenvalue weighted by atomic mass is 10.1. The monoisotopic (exact) mass is 455 g/mol. The molecule has 0 radical (unpaired) electrons. The van der Waals surface area contributed by atoms with Gasteiger partial charge in [-0.3, -0.25) is 9.36 Å². The predicted octanol–water partition coefficient (Wildman–Crippen LogP) is 5.59. The van der Waals surface area contributed by atoms with Gasteiger partial charge in [0.25, 0.3) is 5.91 Å². The summed E-state index contributed by atoms with van der Waals surface area (Å²) in [4.78, 5) is 25.5. The van der Waals surface area contributed by atoms with Gasteiger partial charge in [-0.2, -0.15) is 0 Å². The third-order valence-electron chi connectivity index (χ3n) is 4.72. The van der Waals surface area contributed by atoms with Gasteiger partial charge in [-0.25, -0.2) is 9.18 Å². The summed E-state index contributed by atoms with van der Waals surface area (Å²) in [6.07, 6.45) is 0. The summed E-state index contributed by atoms with van der Waals surface area (Å²) in [5.41, 5.74) is 2.00. The summed E-state index contributed by atoms with van der Waals surface area (Å²) in [6.45, 7) is 1.69. The molecular weight excluding hydrogens is 441 g/mol. The lowest BCUT2D eigenvalue weighted by molar-refractivity contribution is 0.0602. The van der Waals surface area contributed by atoms with Gasteiger partial charge in [0.2, 0.25) is 0 Å². The number of carbonyl (C=O) groups excluding carboxylic acids is 2. The van der Waals surface area contributed by atoms with E-state index in [4.69, 9.17) is 9.15 Å². The molecule has 0 aliphatic carbocycles. The fraction of sp³-hybridized carbons (Fsp3) is 0.0909. The molecule has 2 heterocycles. The van der Waals surface area contributed by atoms with Crippen LogP contribution in [-0.4, -0.2) is 23.6 Å². The molecule has 0 N–H and O–H groups in total. The second kappa shape index (κ2) is 7.33. The molecule has 2 aromatic carbocycles. The minimum absolute atomic E-state index is 0.0940. The smallest absolute Gasteiger partial charge is 0.340 e. The highest BCUT2D eigenvalue weighted by molar-refractivity contribution is 9.10. The highest BCUT2D eigenvalue weighted by Crippen LogP contribution is 2.32. The Balaban J connectivity index is 1.82. The van der Waals surface area contributed by atoms with Crippen LogP contribution in [0.3, 0.4) is 0 Å². The Hall–Kier alpha value is -3.19. The number of ether oxygens (including phenoxy) is 1. The zero-order chi connectivity index (χ0) is 20.7. The minimum atomic E-state index is -0.513. The Morgan fingerprint density at radius 1 is 1.10 bits per heavy atom. The number of furan rings is 1. The Morgan fingerprint density at radius 2 is 1.86 bits per heavy atom. The SMILES string of the molecule is COC(=O)c1c(C)n(C(=O)c2ccc(-c3ccc(F)cc3Br)o2)c2ccccc12. The molecular formula is C22H15BrFNO4. The second-order valence-corrected chi connectivity index (χ2v) is 7.25. The summed E-state index contributed by atoms with van der Waals surface area (Å²) in [7, 11) is 1.30. The van der Waals surface area contributed by atoms with Gasteiger partial charge in [-0.15, -0.1) is 0 Å². The van der Waals surface area contributed by atoms with Crippen LogP contribution in [0, 0.1) is 12.7 Å². The molecule has 2 aromatic heterocycles. The summed E-state index contributed by atoms with van der Waals surface area (Å²) in [5, 5.41) is 0.623. The maximum absolute atomic E-state index is 13.4. The van der Waals surface area contributed by atoms with Crippen molar-refractivity contribution >= 4 is 38.7 Å². The molecule has 0 amide bonds. The number of carbonyl (C=O) groups is 2. The number of esters is 1. The number of benzene rings is 2. The van der Waals surface area contributed by atoms with E-state index >= 15 is 0 Å². The Morgan fingerprint density at radius 3 is 2.59 bits per heavy atom. The van der Waals surface area contributed by atoms with Crippen molar-refractivity contribution in [2.24, 2.45) is 0 Å². The van der Waals surface area contributed by atoms with Gasteiger partial charge >= 0.3 is 5.97 Å². The van der Waals surface area contributed by atoms with Crippen LogP contribution in [0.25, 0.3) is 22.2 Å². The first-order valence-corrected chi connectivity index (χ1v) is 9.50. The molecule has 0 spiro atoms. The number of para-hydroxylation sites is 1. The normalized spacial score (nSPS) is 11.0. The molecule has 0 unspecified atom stereocenters. The molecule has 0 bridgehead atoms. The van der Waals surface area contributed by atoms with Crippen molar-refractivity contribution in [1.82, 2.24) is 4.57 Å². The van der Waals surface area contributed by atoms with Crippen molar-refractivity contribution in [3.05, 3.63) is 81.9 Å². The molecule has 0 fully saturated rings. The van der Waals surface area contributed by atoms with E-state index in [1.807, 2.05) is 0 Å². The number of nitrogens with zero attached hydrogens (tertiary/aromatic N) is 1. The molecule has 0 aliphatic heterocycles. The Bertz CT molecular complexity index is 1270. The molecule has 29 heavy (non-hydrogen) atoms. The number of aromatic nitrogens is 1. The average molecular weight is 456 g/mol. The van der Waals surface area contributed by atoms with Crippen LogP contribution in [0.2, 0.25) is 0 Å². The number of hydrogen-bond donors (Lipinski definition) is 0. The molecule has 0 aliphatic rings. The van der Waals surface area contributed by atoms with Crippen molar-refractivity contribution in [2.75, 3.05) is 7.11 Å². The highest BCUT2D eigenvalue weighted by Gasteiger charge is 2.25. The van der Waals surface area contributed by atoms with Crippen LogP contribution in [0.15, 0.2) is 63.5 Å². The number of fused-ring (bicyclic) bond motifs is 1. The number of rotatable bonds is 3. The first kappa shape index (κ1) is 19.1. The van der Waals surface area contributed by atoms with Gasteiger partial charge in [-0.05, 0) is 59.3 Å². The van der Waals surface area contributed by atoms with Crippen LogP contribution in [-0.2, 0) is 4.74 Å². The van der Waals surface area contributed by atoms with Crippen molar-refractivity contribution in [2.45, 2.75) is 6.92 Å². The zero-order valence-electron chi connectivity index (χ0n) is 15.5. The molecule has 0 saturated heterocycles. The van der Waals surface area contributed by atoms with Crippen molar-refractivity contribution in [3.63, 3.8) is 0 Å². The molecule has 0 saturated carbocycles. The summed E-state index contributed by atoms with van der Waals surface area (Å²) >= 11 is 3.30. The van der Waals surface area contributed by atoms with Crippen LogP contribution in [0.5, 0.6) is 0 Å². The van der Waals surface area contributed by atoms with Crippen molar-refractivity contribution in [3.8, 4) is 11.3 Å². The summed E-state index contributed by atoms with van der Waals surface area (Å²) in [5.74, 6) is -0.800. The third-order valence-corrected chi connectivity index (χ3v) is 5.37. The largest absolute Gasteiger partial charge is 0.465 e. The lowest BCUT2D eigenvalue weighted by Crippen LogP contribution is -2.14. The standard InChI is InChI=1S/C22H15BrFNO4/c1-12-20(22(27)28-2)15-5-3-4-6-17(15)25(12)21(26)19-10-9-18(29-19)14-8-7-13(24)11-16(14)23/h3-11H,1-2H3. The van der Waals surface area contributed by atoms with Gasteiger partial charge in [-0.1, -0.05) is 18.2 Å². The first-order chi connectivity index (χ1) is 13.9. The van der Waals surface area contributed by atoms with Gasteiger partial charge in [0.1, 0.15) is 11.6 Å². The fourth-order valence-corrected chi connectivity index (χ4v) is 3.93. The molecule has 4 aromatic rings. The summed E-state index contributed by atoms with van der Waals surface area (Å²) in [6, 6.07) is 14.5. The fourth-order valence-electron chi connectivity index (χ4n) is 3.39. The average Bonchev–Trinajstić information content (AvgIpc) is 3.29. The first-order valence-electron chi connectivity index (χ1n) is 8.70. The minimum Gasteiger partial charge on any atom is -0.465 e. The lowest BCUT2D eigenvalue weighted by Gasteiger charge is -2.05. The number of hydrogen-bond acceptors (Lipinski definition) is 4. The maximum atomic E-state index is 13.4. The Kier molecular flexibility index (Phi) is 4.84. The van der Waals surface area contributed by atoms with Crippen LogP contribution in [0.4, 0.5) is 4.39 Å². The predicted molar refractivity (Wildman–Crippen MR) is 110 cm³/mol. The van der Waals surface area contributed by atoms with Crippen LogP contribution < -0.4 is 0 Å². The van der Waals surface area contributed by atoms with Crippen molar-refractivity contribution < 1.29 is 23.1 Å². The van der Waals surface area contributed by atoms with E-state index in [9.17, 15) is 14.0 Å². The molecule has 4 rings (SSSR count). The van der Waals surface area contributed by atoms with E-state index in [0.29, 0.717) is 38.0 Å². The van der Waals surface area contributed by atoms with E-state index < -0.39 is 11.9 Å². The van der Waals surface area contributed by atoms with E-state index in [2.05, 4.69) is 15.9 Å². The third kappa shape index (κ3) is 3.17. The van der Waals surface area contributed by atoms with Crippen molar-refractivity contribution in [1.29, 1.82) is 0 Å². The molecule has 5 nitrogen and oxygen atoms in total. The molecule has 0 atom stereocenters. The van der Waals surface area contributed by atoms with E-state index in [1.54, 1.807) is 49.4 Å². The van der Waals surface area contributed by atoms with Gasteiger partial charge in [0, 0.05) is 21.1 Å².